The molecule has 3 aromatic carbocycles. The van der Waals surface area contributed by atoms with Crippen molar-refractivity contribution in [1.29, 1.82) is 0 Å². The molecule has 150 valence electrons. The first-order chi connectivity index (χ1) is 13.7. The number of benzene rings is 3. The molecule has 1 aliphatic heterocycles. The van der Waals surface area contributed by atoms with E-state index in [1.807, 2.05) is 41.3 Å². The molecule has 1 N–H and O–H groups in total. The molecular weight excluding hydrogens is 380 g/mol. The normalized spacial score (nSPS) is 13.0. The average molecular weight is 407 g/mol. The third-order valence-electron chi connectivity index (χ3n) is 5.44. The van der Waals surface area contributed by atoms with E-state index in [0.717, 1.165) is 36.2 Å². The third kappa shape index (κ3) is 4.69. The number of para-hydroxylation sites is 1. The molecule has 0 bridgehead atoms. The number of carbonyl (C=O) groups is 1. The van der Waals surface area contributed by atoms with Crippen molar-refractivity contribution in [2.24, 2.45) is 0 Å². The molecule has 0 spiro atoms. The molecule has 4 rings (SSSR count). The van der Waals surface area contributed by atoms with Gasteiger partial charge in [-0.1, -0.05) is 78.9 Å². The molecule has 3 nitrogen and oxygen atoms in total. The third-order valence-corrected chi connectivity index (χ3v) is 5.44. The molecule has 4 heteroatoms. The second-order valence-electron chi connectivity index (χ2n) is 7.37. The van der Waals surface area contributed by atoms with Crippen LogP contribution in [0.1, 0.15) is 34.7 Å². The SMILES string of the molecule is Cc1cccc2c1N(C(=O)CNC(c1ccccc1)c1ccccc1)CCC2.Cl. The minimum absolute atomic E-state index is 0. The molecule has 0 aliphatic carbocycles. The van der Waals surface area contributed by atoms with Crippen LogP contribution in [0.25, 0.3) is 0 Å². The fourth-order valence-corrected chi connectivity index (χ4v) is 4.10. The molecular formula is C25H27ClN2O. The summed E-state index contributed by atoms with van der Waals surface area (Å²) in [6.45, 7) is 3.19. The summed E-state index contributed by atoms with van der Waals surface area (Å²) < 4.78 is 0. The van der Waals surface area contributed by atoms with Crippen molar-refractivity contribution in [2.75, 3.05) is 18.0 Å². The predicted octanol–water partition coefficient (Wildman–Crippen LogP) is 5.08. The molecule has 0 saturated heterocycles. The smallest absolute Gasteiger partial charge is 0.240 e. The van der Waals surface area contributed by atoms with Crippen molar-refractivity contribution in [2.45, 2.75) is 25.8 Å². The van der Waals surface area contributed by atoms with Crippen molar-refractivity contribution in [3.05, 3.63) is 101 Å². The van der Waals surface area contributed by atoms with Gasteiger partial charge in [0.2, 0.25) is 5.91 Å². The molecule has 0 fully saturated rings. The Morgan fingerprint density at radius 2 is 1.55 bits per heavy atom. The number of nitrogens with one attached hydrogen (secondary N) is 1. The molecule has 0 unspecified atom stereocenters. The Morgan fingerprint density at radius 1 is 0.931 bits per heavy atom. The van der Waals surface area contributed by atoms with Crippen LogP contribution >= 0.6 is 12.4 Å². The number of hydrogen-bond acceptors (Lipinski definition) is 2. The minimum Gasteiger partial charge on any atom is -0.311 e. The quantitative estimate of drug-likeness (QED) is 0.641. The van der Waals surface area contributed by atoms with Gasteiger partial charge in [-0.2, -0.15) is 0 Å². The van der Waals surface area contributed by atoms with E-state index in [1.165, 1.54) is 11.1 Å². The van der Waals surface area contributed by atoms with Crippen molar-refractivity contribution in [3.8, 4) is 0 Å². The van der Waals surface area contributed by atoms with Crippen molar-refractivity contribution < 1.29 is 4.79 Å². The van der Waals surface area contributed by atoms with Crippen LogP contribution < -0.4 is 10.2 Å². The number of amides is 1. The Kier molecular flexibility index (Phi) is 7.08. The van der Waals surface area contributed by atoms with E-state index in [2.05, 4.69) is 54.7 Å². The van der Waals surface area contributed by atoms with Gasteiger partial charge in [0.1, 0.15) is 0 Å². The maximum atomic E-state index is 13.1. The second-order valence-corrected chi connectivity index (χ2v) is 7.37. The van der Waals surface area contributed by atoms with Gasteiger partial charge in [-0.05, 0) is 42.0 Å². The molecule has 3 aromatic rings. The van der Waals surface area contributed by atoms with Crippen LogP contribution in [0.3, 0.4) is 0 Å². The van der Waals surface area contributed by atoms with Gasteiger partial charge in [0.25, 0.3) is 0 Å². The zero-order valence-electron chi connectivity index (χ0n) is 16.7. The van der Waals surface area contributed by atoms with Crippen molar-refractivity contribution in [1.82, 2.24) is 5.32 Å². The Morgan fingerprint density at radius 3 is 2.17 bits per heavy atom. The van der Waals surface area contributed by atoms with Gasteiger partial charge >= 0.3 is 0 Å². The minimum atomic E-state index is -0.00696. The molecule has 0 radical (unpaired) electrons. The van der Waals surface area contributed by atoms with E-state index in [1.54, 1.807) is 0 Å². The number of rotatable bonds is 5. The lowest BCUT2D eigenvalue weighted by molar-refractivity contribution is -0.118. The monoisotopic (exact) mass is 406 g/mol. The molecule has 1 amide bonds. The Labute approximate surface area is 179 Å². The molecule has 0 saturated carbocycles. The fraction of sp³-hybridized carbons (Fsp3) is 0.240. The first-order valence-electron chi connectivity index (χ1n) is 9.96. The number of carbonyl (C=O) groups excluding carboxylic acids is 1. The highest BCUT2D eigenvalue weighted by atomic mass is 35.5. The zero-order valence-corrected chi connectivity index (χ0v) is 17.5. The first-order valence-corrected chi connectivity index (χ1v) is 9.96. The average Bonchev–Trinajstić information content (AvgIpc) is 2.75. The van der Waals surface area contributed by atoms with E-state index < -0.39 is 0 Å². The summed E-state index contributed by atoms with van der Waals surface area (Å²) in [6, 6.07) is 26.9. The number of fused-ring (bicyclic) bond motifs is 1. The number of hydrogen-bond donors (Lipinski definition) is 1. The van der Waals surface area contributed by atoms with Crippen LogP contribution in [0.4, 0.5) is 5.69 Å². The predicted molar refractivity (Wildman–Crippen MR) is 122 cm³/mol. The van der Waals surface area contributed by atoms with E-state index >= 15 is 0 Å². The van der Waals surface area contributed by atoms with Crippen LogP contribution in [0.2, 0.25) is 0 Å². The topological polar surface area (TPSA) is 32.3 Å². The van der Waals surface area contributed by atoms with Gasteiger partial charge in [0, 0.05) is 12.2 Å². The standard InChI is InChI=1S/C25H26N2O.ClH/c1-19-10-8-15-22-16-9-17-27(25(19)22)23(28)18-26-24(20-11-4-2-5-12-20)21-13-6-3-7-14-21;/h2-8,10-15,24,26H,9,16-18H2,1H3;1H. The lowest BCUT2D eigenvalue weighted by Gasteiger charge is -2.32. The van der Waals surface area contributed by atoms with Crippen LogP contribution in [-0.4, -0.2) is 19.0 Å². The van der Waals surface area contributed by atoms with Gasteiger partial charge in [0.15, 0.2) is 0 Å². The molecule has 1 heterocycles. The maximum Gasteiger partial charge on any atom is 0.240 e. The summed E-state index contributed by atoms with van der Waals surface area (Å²) in [7, 11) is 0. The number of anilines is 1. The van der Waals surface area contributed by atoms with E-state index in [0.29, 0.717) is 6.54 Å². The van der Waals surface area contributed by atoms with Crippen molar-refractivity contribution in [3.63, 3.8) is 0 Å². The van der Waals surface area contributed by atoms with E-state index in [4.69, 9.17) is 0 Å². The fourth-order valence-electron chi connectivity index (χ4n) is 4.10. The van der Waals surface area contributed by atoms with Gasteiger partial charge in [-0.3, -0.25) is 10.1 Å². The summed E-state index contributed by atoms with van der Waals surface area (Å²) >= 11 is 0. The van der Waals surface area contributed by atoms with Crippen LogP contribution in [0.15, 0.2) is 78.9 Å². The lowest BCUT2D eigenvalue weighted by Crippen LogP contribution is -2.42. The molecule has 0 atom stereocenters. The van der Waals surface area contributed by atoms with Gasteiger partial charge in [-0.15, -0.1) is 12.4 Å². The zero-order chi connectivity index (χ0) is 19.3. The van der Waals surface area contributed by atoms with E-state index in [9.17, 15) is 4.79 Å². The second kappa shape index (κ2) is 9.73. The van der Waals surface area contributed by atoms with Gasteiger partial charge in [-0.25, -0.2) is 0 Å². The number of halogens is 1. The highest BCUT2D eigenvalue weighted by Gasteiger charge is 2.24. The summed E-state index contributed by atoms with van der Waals surface area (Å²) in [4.78, 5) is 15.1. The lowest BCUT2D eigenvalue weighted by atomic mass is 9.97. The highest BCUT2D eigenvalue weighted by molar-refractivity contribution is 5.96. The Hall–Kier alpha value is -2.62. The van der Waals surface area contributed by atoms with Crippen LogP contribution in [0, 0.1) is 6.92 Å². The van der Waals surface area contributed by atoms with Crippen LogP contribution in [0.5, 0.6) is 0 Å². The summed E-state index contributed by atoms with van der Waals surface area (Å²) in [6.07, 6.45) is 2.06. The first kappa shape index (κ1) is 21.1. The summed E-state index contributed by atoms with van der Waals surface area (Å²) in [5.41, 5.74) is 5.89. The Bertz CT molecular complexity index is 904. The van der Waals surface area contributed by atoms with Gasteiger partial charge in [0.05, 0.1) is 12.6 Å². The number of aryl methyl sites for hydroxylation is 2. The largest absolute Gasteiger partial charge is 0.311 e. The van der Waals surface area contributed by atoms with Crippen molar-refractivity contribution >= 4 is 24.0 Å². The molecule has 0 aromatic heterocycles. The highest BCUT2D eigenvalue weighted by Crippen LogP contribution is 2.30. The van der Waals surface area contributed by atoms with E-state index in [-0.39, 0.29) is 24.4 Å². The molecule has 1 aliphatic rings. The maximum absolute atomic E-state index is 13.1. The summed E-state index contributed by atoms with van der Waals surface area (Å²) in [5.74, 6) is 0.132. The molecule has 29 heavy (non-hydrogen) atoms. The number of nitrogens with zero attached hydrogens (tertiary/aromatic N) is 1. The van der Waals surface area contributed by atoms with Gasteiger partial charge < -0.3 is 4.90 Å². The Balaban J connectivity index is 0.00000240. The van der Waals surface area contributed by atoms with Crippen LogP contribution in [-0.2, 0) is 11.2 Å². The summed E-state index contributed by atoms with van der Waals surface area (Å²) in [5, 5.41) is 3.51.